The Morgan fingerprint density at radius 3 is 2.11 bits per heavy atom. The summed E-state index contributed by atoms with van der Waals surface area (Å²) in [6, 6.07) is 17.4. The van der Waals surface area contributed by atoms with Gasteiger partial charge in [0.15, 0.2) is 0 Å². The van der Waals surface area contributed by atoms with Gasteiger partial charge in [0.05, 0.1) is 5.69 Å². The highest BCUT2D eigenvalue weighted by atomic mass is 32.1. The van der Waals surface area contributed by atoms with Crippen LogP contribution < -0.4 is 9.62 Å². The number of anilines is 3. The zero-order valence-corrected chi connectivity index (χ0v) is 10.9. The Bertz CT molecular complexity index is 525. The molecule has 92 valence electrons. The minimum Gasteiger partial charge on any atom is -0.356 e. The summed E-state index contributed by atoms with van der Waals surface area (Å²) < 4.78 is 1.31. The second kappa shape index (κ2) is 5.60. The lowest BCUT2D eigenvalue weighted by molar-refractivity contribution is -0.115. The highest BCUT2D eigenvalue weighted by Crippen LogP contribution is 2.22. The maximum atomic E-state index is 11.2. The van der Waals surface area contributed by atoms with E-state index in [9.17, 15) is 4.79 Å². The standard InChI is InChI=1S/C14H14N2OS/c1-11(17)16(18)14-9-7-13(8-10-14)15-12-5-3-2-4-6-12/h2-10,15,18H,1H3. The van der Waals surface area contributed by atoms with Crippen molar-refractivity contribution in [2.24, 2.45) is 0 Å². The molecule has 2 rings (SSSR count). The quantitative estimate of drug-likeness (QED) is 0.824. The first-order chi connectivity index (χ1) is 8.66. The largest absolute Gasteiger partial charge is 0.356 e. The van der Waals surface area contributed by atoms with E-state index in [-0.39, 0.29) is 5.91 Å². The predicted octanol–water partition coefficient (Wildman–Crippen LogP) is 3.63. The molecular formula is C14H14N2OS. The molecular weight excluding hydrogens is 244 g/mol. The van der Waals surface area contributed by atoms with E-state index >= 15 is 0 Å². The number of para-hydroxylation sites is 1. The van der Waals surface area contributed by atoms with Gasteiger partial charge in [-0.3, -0.25) is 9.10 Å². The number of carbonyl (C=O) groups is 1. The van der Waals surface area contributed by atoms with E-state index in [1.807, 2.05) is 54.6 Å². The summed E-state index contributed by atoms with van der Waals surface area (Å²) in [5.41, 5.74) is 2.75. The fraction of sp³-hybridized carbons (Fsp3) is 0.0714. The van der Waals surface area contributed by atoms with Crippen LogP contribution in [0.2, 0.25) is 0 Å². The lowest BCUT2D eigenvalue weighted by atomic mass is 10.2. The summed E-state index contributed by atoms with van der Waals surface area (Å²) >= 11 is 4.11. The van der Waals surface area contributed by atoms with Crippen LogP contribution in [0.3, 0.4) is 0 Å². The summed E-state index contributed by atoms with van der Waals surface area (Å²) in [7, 11) is 0. The van der Waals surface area contributed by atoms with Gasteiger partial charge in [0.1, 0.15) is 0 Å². The molecule has 0 aliphatic heterocycles. The van der Waals surface area contributed by atoms with Gasteiger partial charge in [-0.25, -0.2) is 0 Å². The van der Waals surface area contributed by atoms with Crippen molar-refractivity contribution in [3.8, 4) is 0 Å². The number of benzene rings is 2. The van der Waals surface area contributed by atoms with Crippen molar-refractivity contribution in [3.63, 3.8) is 0 Å². The maximum Gasteiger partial charge on any atom is 0.233 e. The summed E-state index contributed by atoms with van der Waals surface area (Å²) in [5.74, 6) is -0.109. The highest BCUT2D eigenvalue weighted by molar-refractivity contribution is 7.82. The molecule has 1 N–H and O–H groups in total. The summed E-state index contributed by atoms with van der Waals surface area (Å²) in [4.78, 5) is 11.2. The van der Waals surface area contributed by atoms with Crippen molar-refractivity contribution in [2.45, 2.75) is 6.92 Å². The molecule has 0 spiro atoms. The first-order valence-corrected chi connectivity index (χ1v) is 5.98. The van der Waals surface area contributed by atoms with Crippen molar-refractivity contribution in [3.05, 3.63) is 54.6 Å². The van der Waals surface area contributed by atoms with Crippen LogP contribution in [-0.4, -0.2) is 5.91 Å². The fourth-order valence-corrected chi connectivity index (χ4v) is 1.69. The number of nitrogens with one attached hydrogen (secondary N) is 1. The molecule has 0 saturated heterocycles. The number of nitrogens with zero attached hydrogens (tertiary/aromatic N) is 1. The molecule has 2 aromatic rings. The molecule has 0 atom stereocenters. The number of hydrogen-bond donors (Lipinski definition) is 2. The number of thiol groups is 1. The molecule has 4 heteroatoms. The second-order valence-electron chi connectivity index (χ2n) is 3.87. The minimum atomic E-state index is -0.109. The number of amides is 1. The van der Waals surface area contributed by atoms with Crippen LogP contribution in [0.15, 0.2) is 54.6 Å². The Morgan fingerprint density at radius 2 is 1.56 bits per heavy atom. The van der Waals surface area contributed by atoms with Crippen LogP contribution >= 0.6 is 12.8 Å². The Kier molecular flexibility index (Phi) is 3.89. The molecule has 18 heavy (non-hydrogen) atoms. The lowest BCUT2D eigenvalue weighted by Crippen LogP contribution is -2.16. The molecule has 0 radical (unpaired) electrons. The van der Waals surface area contributed by atoms with Gasteiger partial charge in [0, 0.05) is 18.3 Å². The van der Waals surface area contributed by atoms with Crippen LogP contribution in [0.5, 0.6) is 0 Å². The third-order valence-corrected chi connectivity index (χ3v) is 2.99. The van der Waals surface area contributed by atoms with Crippen LogP contribution in [0.4, 0.5) is 17.1 Å². The Hall–Kier alpha value is -1.94. The van der Waals surface area contributed by atoms with E-state index in [4.69, 9.17) is 0 Å². The molecule has 0 bridgehead atoms. The van der Waals surface area contributed by atoms with Gasteiger partial charge in [-0.1, -0.05) is 31.0 Å². The van der Waals surface area contributed by atoms with E-state index in [1.54, 1.807) is 0 Å². The SMILES string of the molecule is CC(=O)N(S)c1ccc(Nc2ccccc2)cc1. The van der Waals surface area contributed by atoms with Gasteiger partial charge in [0.25, 0.3) is 0 Å². The molecule has 1 amide bonds. The smallest absolute Gasteiger partial charge is 0.233 e. The monoisotopic (exact) mass is 258 g/mol. The summed E-state index contributed by atoms with van der Waals surface area (Å²) in [6.07, 6.45) is 0. The van der Waals surface area contributed by atoms with E-state index in [0.717, 1.165) is 17.1 Å². The van der Waals surface area contributed by atoms with Crippen molar-refractivity contribution in [1.29, 1.82) is 0 Å². The lowest BCUT2D eigenvalue weighted by Gasteiger charge is -2.14. The third kappa shape index (κ3) is 3.05. The van der Waals surface area contributed by atoms with Crippen LogP contribution in [0, 0.1) is 0 Å². The van der Waals surface area contributed by atoms with Crippen molar-refractivity contribution in [1.82, 2.24) is 0 Å². The normalized spacial score (nSPS) is 9.89. The minimum absolute atomic E-state index is 0.109. The first kappa shape index (κ1) is 12.5. The molecule has 0 fully saturated rings. The zero-order chi connectivity index (χ0) is 13.0. The fourth-order valence-electron chi connectivity index (χ4n) is 1.56. The van der Waals surface area contributed by atoms with Gasteiger partial charge in [-0.15, -0.1) is 0 Å². The molecule has 0 saturated carbocycles. The summed E-state index contributed by atoms with van der Waals surface area (Å²) in [5, 5.41) is 3.27. The molecule has 3 nitrogen and oxygen atoms in total. The van der Waals surface area contributed by atoms with Gasteiger partial charge in [0.2, 0.25) is 5.91 Å². The van der Waals surface area contributed by atoms with Gasteiger partial charge in [-0.2, -0.15) is 0 Å². The molecule has 0 aliphatic rings. The average molecular weight is 258 g/mol. The molecule has 0 aromatic heterocycles. The Labute approximate surface area is 112 Å². The van der Waals surface area contributed by atoms with E-state index in [1.165, 1.54) is 11.2 Å². The Balaban J connectivity index is 2.11. The molecule has 0 aliphatic carbocycles. The predicted molar refractivity (Wildman–Crippen MR) is 78.3 cm³/mol. The van der Waals surface area contributed by atoms with Crippen LogP contribution in [-0.2, 0) is 4.79 Å². The van der Waals surface area contributed by atoms with E-state index < -0.39 is 0 Å². The van der Waals surface area contributed by atoms with Crippen LogP contribution in [0.25, 0.3) is 0 Å². The van der Waals surface area contributed by atoms with Crippen LogP contribution in [0.1, 0.15) is 6.92 Å². The Morgan fingerprint density at radius 1 is 1.00 bits per heavy atom. The van der Waals surface area contributed by atoms with Gasteiger partial charge >= 0.3 is 0 Å². The van der Waals surface area contributed by atoms with Crippen molar-refractivity contribution in [2.75, 3.05) is 9.62 Å². The second-order valence-corrected chi connectivity index (χ2v) is 4.27. The number of hydrogen-bond acceptors (Lipinski definition) is 3. The van der Waals surface area contributed by atoms with E-state index in [0.29, 0.717) is 0 Å². The molecule has 0 unspecified atom stereocenters. The average Bonchev–Trinajstić information content (AvgIpc) is 2.40. The van der Waals surface area contributed by atoms with Crippen molar-refractivity contribution >= 4 is 35.8 Å². The third-order valence-electron chi connectivity index (χ3n) is 2.47. The molecule has 2 aromatic carbocycles. The van der Waals surface area contributed by atoms with Crippen molar-refractivity contribution < 1.29 is 4.79 Å². The summed E-state index contributed by atoms with van der Waals surface area (Å²) in [6.45, 7) is 1.48. The topological polar surface area (TPSA) is 32.3 Å². The zero-order valence-electron chi connectivity index (χ0n) is 10.00. The maximum absolute atomic E-state index is 11.2. The van der Waals surface area contributed by atoms with Gasteiger partial charge < -0.3 is 5.32 Å². The molecule has 0 heterocycles. The van der Waals surface area contributed by atoms with E-state index in [2.05, 4.69) is 18.1 Å². The number of rotatable bonds is 3. The first-order valence-electron chi connectivity index (χ1n) is 5.58. The number of carbonyl (C=O) groups excluding carboxylic acids is 1. The highest BCUT2D eigenvalue weighted by Gasteiger charge is 2.05. The van der Waals surface area contributed by atoms with Gasteiger partial charge in [-0.05, 0) is 36.4 Å².